The number of aliphatic carboxylic acids is 1. The summed E-state index contributed by atoms with van der Waals surface area (Å²) in [6.07, 6.45) is 1.72. The van der Waals surface area contributed by atoms with Crippen LogP contribution in [0, 0.1) is 0 Å². The number of carbonyl (C=O) groups is 2. The monoisotopic (exact) mass is 243 g/mol. The molecule has 2 amide bonds. The van der Waals surface area contributed by atoms with E-state index in [0.717, 1.165) is 19.4 Å². The SMILES string of the molecule is CN(C)CCNC(=O)N1CCCC1CC(=O)O. The molecule has 1 atom stereocenters. The predicted octanol–water partition coefficient (Wildman–Crippen LogP) is 0.197. The number of carboxylic acid groups (broad SMARTS) is 1. The molecule has 0 bridgehead atoms. The summed E-state index contributed by atoms with van der Waals surface area (Å²) < 4.78 is 0. The first-order chi connectivity index (χ1) is 8.00. The maximum Gasteiger partial charge on any atom is 0.317 e. The highest BCUT2D eigenvalue weighted by atomic mass is 16.4. The minimum atomic E-state index is -0.844. The van der Waals surface area contributed by atoms with Gasteiger partial charge in [0, 0.05) is 25.7 Å². The number of amides is 2. The fourth-order valence-electron chi connectivity index (χ4n) is 2.00. The zero-order chi connectivity index (χ0) is 12.8. The fraction of sp³-hybridized carbons (Fsp3) is 0.818. The number of nitrogens with zero attached hydrogens (tertiary/aromatic N) is 2. The van der Waals surface area contributed by atoms with Crippen LogP contribution in [0.5, 0.6) is 0 Å². The van der Waals surface area contributed by atoms with E-state index in [0.29, 0.717) is 13.1 Å². The number of hydrogen-bond donors (Lipinski definition) is 2. The summed E-state index contributed by atoms with van der Waals surface area (Å²) >= 11 is 0. The van der Waals surface area contributed by atoms with Crippen LogP contribution in [0.4, 0.5) is 4.79 Å². The normalized spacial score (nSPS) is 19.7. The quantitative estimate of drug-likeness (QED) is 0.723. The van der Waals surface area contributed by atoms with Gasteiger partial charge in [-0.1, -0.05) is 0 Å². The number of hydrogen-bond acceptors (Lipinski definition) is 3. The molecule has 0 saturated carbocycles. The van der Waals surface area contributed by atoms with E-state index < -0.39 is 5.97 Å². The van der Waals surface area contributed by atoms with Crippen molar-refractivity contribution in [2.45, 2.75) is 25.3 Å². The second kappa shape index (κ2) is 6.44. The molecule has 1 rings (SSSR count). The highest BCUT2D eigenvalue weighted by molar-refractivity contribution is 5.76. The summed E-state index contributed by atoms with van der Waals surface area (Å²) in [5.74, 6) is -0.844. The van der Waals surface area contributed by atoms with Gasteiger partial charge in [0.25, 0.3) is 0 Å². The average molecular weight is 243 g/mol. The third-order valence-electron chi connectivity index (χ3n) is 2.88. The van der Waals surface area contributed by atoms with E-state index >= 15 is 0 Å². The van der Waals surface area contributed by atoms with Crippen LogP contribution in [0.15, 0.2) is 0 Å². The highest BCUT2D eigenvalue weighted by Gasteiger charge is 2.29. The zero-order valence-electron chi connectivity index (χ0n) is 10.5. The van der Waals surface area contributed by atoms with Gasteiger partial charge < -0.3 is 20.2 Å². The number of rotatable bonds is 5. The summed E-state index contributed by atoms with van der Waals surface area (Å²) in [5.41, 5.74) is 0. The molecule has 6 heteroatoms. The second-order valence-electron chi connectivity index (χ2n) is 4.62. The minimum Gasteiger partial charge on any atom is -0.481 e. The van der Waals surface area contributed by atoms with Crippen molar-refractivity contribution in [2.75, 3.05) is 33.7 Å². The molecule has 0 aromatic carbocycles. The molecule has 98 valence electrons. The van der Waals surface area contributed by atoms with Gasteiger partial charge in [-0.2, -0.15) is 0 Å². The van der Waals surface area contributed by atoms with Gasteiger partial charge in [-0.3, -0.25) is 4.79 Å². The molecule has 1 unspecified atom stereocenters. The van der Waals surface area contributed by atoms with E-state index in [1.54, 1.807) is 4.90 Å². The fourth-order valence-corrected chi connectivity index (χ4v) is 2.00. The van der Waals surface area contributed by atoms with Gasteiger partial charge in [0.05, 0.1) is 6.42 Å². The van der Waals surface area contributed by atoms with Gasteiger partial charge >= 0.3 is 12.0 Å². The van der Waals surface area contributed by atoms with Crippen LogP contribution < -0.4 is 5.32 Å². The third-order valence-corrected chi connectivity index (χ3v) is 2.88. The lowest BCUT2D eigenvalue weighted by Gasteiger charge is -2.24. The molecule has 1 aliphatic heterocycles. The maximum absolute atomic E-state index is 11.8. The summed E-state index contributed by atoms with van der Waals surface area (Å²) in [5, 5.41) is 11.6. The Kier molecular flexibility index (Phi) is 5.21. The highest BCUT2D eigenvalue weighted by Crippen LogP contribution is 2.19. The summed E-state index contributed by atoms with van der Waals surface area (Å²) in [6, 6.07) is -0.289. The molecule has 17 heavy (non-hydrogen) atoms. The topological polar surface area (TPSA) is 72.9 Å². The molecule has 1 heterocycles. The van der Waals surface area contributed by atoms with Gasteiger partial charge in [0.2, 0.25) is 0 Å². The van der Waals surface area contributed by atoms with Gasteiger partial charge in [0.15, 0.2) is 0 Å². The molecule has 0 radical (unpaired) electrons. The Morgan fingerprint density at radius 3 is 2.76 bits per heavy atom. The van der Waals surface area contributed by atoms with Crippen LogP contribution >= 0.6 is 0 Å². The Labute approximate surface area is 102 Å². The first-order valence-corrected chi connectivity index (χ1v) is 5.91. The van der Waals surface area contributed by atoms with Crippen molar-refractivity contribution in [3.8, 4) is 0 Å². The molecule has 1 aliphatic rings. The molecular formula is C11H21N3O3. The number of likely N-dealkylation sites (N-methyl/N-ethyl adjacent to an activating group) is 1. The summed E-state index contributed by atoms with van der Waals surface area (Å²) in [7, 11) is 3.88. The lowest BCUT2D eigenvalue weighted by atomic mass is 10.1. The molecular weight excluding hydrogens is 222 g/mol. The number of urea groups is 1. The van der Waals surface area contributed by atoms with E-state index in [-0.39, 0.29) is 18.5 Å². The van der Waals surface area contributed by atoms with Crippen molar-refractivity contribution in [1.82, 2.24) is 15.1 Å². The average Bonchev–Trinajstić information content (AvgIpc) is 2.64. The Morgan fingerprint density at radius 1 is 1.47 bits per heavy atom. The van der Waals surface area contributed by atoms with Crippen molar-refractivity contribution >= 4 is 12.0 Å². The van der Waals surface area contributed by atoms with E-state index in [9.17, 15) is 9.59 Å². The molecule has 1 fully saturated rings. The minimum absolute atomic E-state index is 0.0428. The Hall–Kier alpha value is -1.30. The maximum atomic E-state index is 11.8. The molecule has 0 aromatic heterocycles. The standard InChI is InChI=1S/C11H21N3O3/c1-13(2)7-5-12-11(17)14-6-3-4-9(14)8-10(15)16/h9H,3-8H2,1-2H3,(H,12,17)(H,15,16). The summed E-state index contributed by atoms with van der Waals surface area (Å²) in [4.78, 5) is 26.1. The lowest BCUT2D eigenvalue weighted by Crippen LogP contribution is -2.45. The van der Waals surface area contributed by atoms with Crippen molar-refractivity contribution < 1.29 is 14.7 Å². The van der Waals surface area contributed by atoms with Crippen molar-refractivity contribution in [1.29, 1.82) is 0 Å². The van der Waals surface area contributed by atoms with Crippen LogP contribution in [0.2, 0.25) is 0 Å². The molecule has 0 aromatic rings. The van der Waals surface area contributed by atoms with Crippen LogP contribution in [0.1, 0.15) is 19.3 Å². The van der Waals surface area contributed by atoms with Gasteiger partial charge in [0.1, 0.15) is 0 Å². The zero-order valence-corrected chi connectivity index (χ0v) is 10.5. The number of carboxylic acids is 1. The van der Waals surface area contributed by atoms with Crippen LogP contribution in [0.25, 0.3) is 0 Å². The molecule has 6 nitrogen and oxygen atoms in total. The number of carbonyl (C=O) groups excluding carboxylic acids is 1. The van der Waals surface area contributed by atoms with Crippen molar-refractivity contribution in [3.63, 3.8) is 0 Å². The molecule has 0 aliphatic carbocycles. The van der Waals surface area contributed by atoms with E-state index in [2.05, 4.69) is 5.32 Å². The van der Waals surface area contributed by atoms with Crippen LogP contribution in [0.3, 0.4) is 0 Å². The van der Waals surface area contributed by atoms with Gasteiger partial charge in [-0.05, 0) is 26.9 Å². The number of nitrogens with one attached hydrogen (secondary N) is 1. The van der Waals surface area contributed by atoms with Gasteiger partial charge in [-0.15, -0.1) is 0 Å². The first kappa shape index (κ1) is 13.8. The van der Waals surface area contributed by atoms with Gasteiger partial charge in [-0.25, -0.2) is 4.79 Å². The van der Waals surface area contributed by atoms with Crippen LogP contribution in [-0.4, -0.2) is 66.7 Å². The largest absolute Gasteiger partial charge is 0.481 e. The first-order valence-electron chi connectivity index (χ1n) is 5.91. The third kappa shape index (κ3) is 4.60. The smallest absolute Gasteiger partial charge is 0.317 e. The van der Waals surface area contributed by atoms with Crippen molar-refractivity contribution in [2.24, 2.45) is 0 Å². The van der Waals surface area contributed by atoms with E-state index in [1.165, 1.54) is 0 Å². The molecule has 2 N–H and O–H groups in total. The summed E-state index contributed by atoms with van der Waals surface area (Å²) in [6.45, 7) is 2.02. The van der Waals surface area contributed by atoms with Crippen LogP contribution in [-0.2, 0) is 4.79 Å². The second-order valence-corrected chi connectivity index (χ2v) is 4.62. The Balaban J connectivity index is 2.36. The molecule has 0 spiro atoms. The predicted molar refractivity (Wildman–Crippen MR) is 63.9 cm³/mol. The van der Waals surface area contributed by atoms with E-state index in [4.69, 9.17) is 5.11 Å². The van der Waals surface area contributed by atoms with E-state index in [1.807, 2.05) is 19.0 Å². The molecule has 1 saturated heterocycles. The number of likely N-dealkylation sites (tertiary alicyclic amines) is 1. The Morgan fingerprint density at radius 2 is 2.18 bits per heavy atom. The van der Waals surface area contributed by atoms with Crippen molar-refractivity contribution in [3.05, 3.63) is 0 Å². The Bertz CT molecular complexity index is 281. The lowest BCUT2D eigenvalue weighted by molar-refractivity contribution is -0.137.